The SMILES string of the molecule is Cc1cn(-c2ccc(C(F)(F)F)cc2)c(=NC(=O)NC2CCCCCC2)s1. The summed E-state index contributed by atoms with van der Waals surface area (Å²) in [6.07, 6.45) is 3.92. The van der Waals surface area contributed by atoms with Crippen molar-refractivity contribution in [2.45, 2.75) is 57.7 Å². The summed E-state index contributed by atoms with van der Waals surface area (Å²) in [4.78, 5) is 17.9. The van der Waals surface area contributed by atoms with Gasteiger partial charge in [-0.3, -0.25) is 4.57 Å². The largest absolute Gasteiger partial charge is 0.416 e. The molecule has 0 bridgehead atoms. The van der Waals surface area contributed by atoms with Crippen LogP contribution in [0.5, 0.6) is 0 Å². The van der Waals surface area contributed by atoms with E-state index in [4.69, 9.17) is 0 Å². The van der Waals surface area contributed by atoms with Gasteiger partial charge in [0.05, 0.1) is 5.56 Å². The topological polar surface area (TPSA) is 46.4 Å². The van der Waals surface area contributed by atoms with E-state index in [0.29, 0.717) is 10.5 Å². The van der Waals surface area contributed by atoms with Crippen LogP contribution < -0.4 is 10.1 Å². The maximum Gasteiger partial charge on any atom is 0.416 e. The van der Waals surface area contributed by atoms with Gasteiger partial charge < -0.3 is 5.32 Å². The molecule has 4 nitrogen and oxygen atoms in total. The van der Waals surface area contributed by atoms with Crippen LogP contribution in [0.3, 0.4) is 0 Å². The van der Waals surface area contributed by atoms with Crippen molar-refractivity contribution in [1.82, 2.24) is 9.88 Å². The molecule has 2 aromatic rings. The van der Waals surface area contributed by atoms with E-state index in [1.807, 2.05) is 6.92 Å². The third-order valence-corrected chi connectivity index (χ3v) is 5.52. The van der Waals surface area contributed by atoms with Gasteiger partial charge in [0.2, 0.25) is 0 Å². The van der Waals surface area contributed by atoms with E-state index in [1.165, 1.54) is 36.3 Å². The lowest BCUT2D eigenvalue weighted by atomic mass is 10.1. The highest BCUT2D eigenvalue weighted by molar-refractivity contribution is 7.09. The van der Waals surface area contributed by atoms with Gasteiger partial charge in [0.25, 0.3) is 0 Å². The molecule has 1 aromatic carbocycles. The molecule has 1 heterocycles. The van der Waals surface area contributed by atoms with E-state index in [9.17, 15) is 18.0 Å². The first-order valence-corrected chi connectivity index (χ1v) is 9.86. The zero-order chi connectivity index (χ0) is 19.4. The molecule has 1 aliphatic carbocycles. The van der Waals surface area contributed by atoms with Crippen molar-refractivity contribution in [3.8, 4) is 5.69 Å². The summed E-state index contributed by atoms with van der Waals surface area (Å²) in [5.74, 6) is 0. The minimum atomic E-state index is -4.38. The van der Waals surface area contributed by atoms with Crippen LogP contribution in [0.25, 0.3) is 5.69 Å². The first kappa shape index (κ1) is 19.7. The second-order valence-corrected chi connectivity index (χ2v) is 8.00. The second-order valence-electron chi connectivity index (χ2n) is 6.79. The molecule has 0 atom stereocenters. The van der Waals surface area contributed by atoms with Gasteiger partial charge in [0.15, 0.2) is 4.80 Å². The molecular formula is C19H22F3N3OS. The number of halogens is 3. The van der Waals surface area contributed by atoms with Gasteiger partial charge in [-0.2, -0.15) is 18.2 Å². The number of alkyl halides is 3. The van der Waals surface area contributed by atoms with Crippen LogP contribution in [-0.4, -0.2) is 16.6 Å². The van der Waals surface area contributed by atoms with Crippen molar-refractivity contribution in [2.75, 3.05) is 0 Å². The average Bonchev–Trinajstić information content (AvgIpc) is 2.80. The molecule has 0 saturated heterocycles. The van der Waals surface area contributed by atoms with E-state index < -0.39 is 17.8 Å². The maximum atomic E-state index is 12.8. The molecule has 8 heteroatoms. The smallest absolute Gasteiger partial charge is 0.333 e. The molecule has 2 amide bonds. The van der Waals surface area contributed by atoms with Crippen molar-refractivity contribution < 1.29 is 18.0 Å². The van der Waals surface area contributed by atoms with Crippen LogP contribution >= 0.6 is 11.3 Å². The Bertz CT molecular complexity index is 844. The zero-order valence-corrected chi connectivity index (χ0v) is 15.9. The highest BCUT2D eigenvalue weighted by atomic mass is 32.1. The van der Waals surface area contributed by atoms with Gasteiger partial charge >= 0.3 is 12.2 Å². The first-order valence-electron chi connectivity index (χ1n) is 9.05. The predicted molar refractivity (Wildman–Crippen MR) is 99.0 cm³/mol. The van der Waals surface area contributed by atoms with Gasteiger partial charge in [0.1, 0.15) is 0 Å². The summed E-state index contributed by atoms with van der Waals surface area (Å²) >= 11 is 1.33. The Balaban J connectivity index is 1.82. The zero-order valence-electron chi connectivity index (χ0n) is 15.1. The number of aryl methyl sites for hydroxylation is 1. The summed E-state index contributed by atoms with van der Waals surface area (Å²) in [6.45, 7) is 1.87. The Morgan fingerprint density at radius 1 is 1.15 bits per heavy atom. The van der Waals surface area contributed by atoms with E-state index >= 15 is 0 Å². The highest BCUT2D eigenvalue weighted by Gasteiger charge is 2.30. The predicted octanol–water partition coefficient (Wildman–Crippen LogP) is 5.20. The van der Waals surface area contributed by atoms with E-state index in [1.54, 1.807) is 10.8 Å². The molecule has 3 rings (SSSR count). The number of aromatic nitrogens is 1. The number of carbonyl (C=O) groups excluding carboxylic acids is 1. The van der Waals surface area contributed by atoms with Gasteiger partial charge in [-0.1, -0.05) is 25.7 Å². The molecule has 1 saturated carbocycles. The minimum Gasteiger partial charge on any atom is -0.333 e. The Morgan fingerprint density at radius 2 is 1.78 bits per heavy atom. The second kappa shape index (κ2) is 8.29. The molecule has 1 fully saturated rings. The fraction of sp³-hybridized carbons (Fsp3) is 0.474. The van der Waals surface area contributed by atoms with Crippen LogP contribution in [0, 0.1) is 6.92 Å². The number of carbonyl (C=O) groups is 1. The molecule has 1 aliphatic rings. The van der Waals surface area contributed by atoms with E-state index in [-0.39, 0.29) is 6.04 Å². The van der Waals surface area contributed by atoms with Crippen LogP contribution in [-0.2, 0) is 6.18 Å². The fourth-order valence-corrected chi connectivity index (χ4v) is 4.08. The lowest BCUT2D eigenvalue weighted by Crippen LogP contribution is -2.33. The van der Waals surface area contributed by atoms with Crippen LogP contribution in [0.2, 0.25) is 0 Å². The lowest BCUT2D eigenvalue weighted by Gasteiger charge is -2.13. The Hall–Kier alpha value is -2.09. The summed E-state index contributed by atoms with van der Waals surface area (Å²) in [6, 6.07) is 4.58. The molecule has 0 radical (unpaired) electrons. The summed E-state index contributed by atoms with van der Waals surface area (Å²) in [5, 5.41) is 2.96. The number of nitrogens with one attached hydrogen (secondary N) is 1. The van der Waals surface area contributed by atoms with Gasteiger partial charge in [-0.25, -0.2) is 4.79 Å². The maximum absolute atomic E-state index is 12.8. The molecule has 0 aliphatic heterocycles. The number of hydrogen-bond donors (Lipinski definition) is 1. The third-order valence-electron chi connectivity index (χ3n) is 4.62. The van der Waals surface area contributed by atoms with E-state index in [2.05, 4.69) is 10.3 Å². The molecule has 0 unspecified atom stereocenters. The number of amides is 2. The highest BCUT2D eigenvalue weighted by Crippen LogP contribution is 2.29. The summed E-state index contributed by atoms with van der Waals surface area (Å²) < 4.78 is 39.9. The number of urea groups is 1. The average molecular weight is 397 g/mol. The lowest BCUT2D eigenvalue weighted by molar-refractivity contribution is -0.137. The van der Waals surface area contributed by atoms with Crippen LogP contribution in [0.4, 0.5) is 18.0 Å². The van der Waals surface area contributed by atoms with Crippen molar-refractivity contribution in [1.29, 1.82) is 0 Å². The summed E-state index contributed by atoms with van der Waals surface area (Å²) in [5.41, 5.74) is -0.170. The quantitative estimate of drug-likeness (QED) is 0.696. The van der Waals surface area contributed by atoms with Crippen molar-refractivity contribution in [2.24, 2.45) is 4.99 Å². The number of hydrogen-bond acceptors (Lipinski definition) is 2. The Kier molecular flexibility index (Phi) is 6.04. The normalized spacial score (nSPS) is 17.0. The first-order chi connectivity index (χ1) is 12.8. The third kappa shape index (κ3) is 5.22. The summed E-state index contributed by atoms with van der Waals surface area (Å²) in [7, 11) is 0. The monoisotopic (exact) mass is 397 g/mol. The van der Waals surface area contributed by atoms with Gasteiger partial charge in [-0.15, -0.1) is 11.3 Å². The minimum absolute atomic E-state index is 0.143. The number of nitrogens with zero attached hydrogens (tertiary/aromatic N) is 2. The van der Waals surface area contributed by atoms with Gasteiger partial charge in [0, 0.05) is 22.8 Å². The van der Waals surface area contributed by atoms with Crippen molar-refractivity contribution in [3.63, 3.8) is 0 Å². The molecule has 27 heavy (non-hydrogen) atoms. The number of benzene rings is 1. The van der Waals surface area contributed by atoms with Crippen molar-refractivity contribution in [3.05, 3.63) is 45.7 Å². The number of thiazole rings is 1. The Labute approximate surface area is 159 Å². The molecule has 0 spiro atoms. The number of rotatable bonds is 2. The van der Waals surface area contributed by atoms with Crippen LogP contribution in [0.15, 0.2) is 35.5 Å². The fourth-order valence-electron chi connectivity index (χ4n) is 3.25. The molecule has 1 aromatic heterocycles. The standard InChI is InChI=1S/C19H22F3N3OS/c1-13-12-25(16-10-8-14(9-11-16)19(20,21)22)18(27-13)24-17(26)23-15-6-4-2-3-5-7-15/h8-12,15H,2-7H2,1H3,(H,23,26). The molecule has 146 valence electrons. The molecule has 1 N–H and O–H groups in total. The van der Waals surface area contributed by atoms with Crippen molar-refractivity contribution >= 4 is 17.4 Å². The molecular weight excluding hydrogens is 375 g/mol. The van der Waals surface area contributed by atoms with Crippen LogP contribution in [0.1, 0.15) is 49.0 Å². The van der Waals surface area contributed by atoms with Gasteiger partial charge in [-0.05, 0) is 44.0 Å². The Morgan fingerprint density at radius 3 is 2.37 bits per heavy atom. The van der Waals surface area contributed by atoms with E-state index in [0.717, 1.165) is 42.7 Å².